The smallest absolute Gasteiger partial charge is 0.230 e. The van der Waals surface area contributed by atoms with E-state index in [1.54, 1.807) is 6.20 Å². The van der Waals surface area contributed by atoms with Gasteiger partial charge in [0.2, 0.25) is 5.91 Å². The molecule has 0 bridgehead atoms. The number of fused-ring (bicyclic) bond motifs is 1. The molecule has 24 heavy (non-hydrogen) atoms. The number of hydrogen-bond acceptors (Lipinski definition) is 2. The number of rotatable bonds is 4. The minimum absolute atomic E-state index is 0.00249. The molecule has 1 amide bonds. The molecule has 0 unspecified atom stereocenters. The normalized spacial score (nSPS) is 15.7. The summed E-state index contributed by atoms with van der Waals surface area (Å²) in [4.78, 5) is 15.7. The second kappa shape index (κ2) is 6.51. The number of hydrogen-bond donors (Lipinski definition) is 2. The molecule has 1 aromatic carbocycles. The van der Waals surface area contributed by atoms with Crippen molar-refractivity contribution in [2.75, 3.05) is 5.32 Å². The zero-order valence-electron chi connectivity index (χ0n) is 13.7. The lowest BCUT2D eigenvalue weighted by Crippen LogP contribution is -2.21. The highest BCUT2D eigenvalue weighted by Crippen LogP contribution is 2.30. The summed E-state index contributed by atoms with van der Waals surface area (Å²) in [6, 6.07) is 10.4. The first kappa shape index (κ1) is 15.0. The Kier molecular flexibility index (Phi) is 4.07. The summed E-state index contributed by atoms with van der Waals surface area (Å²) in [5.41, 5.74) is 2.08. The third kappa shape index (κ3) is 2.94. The lowest BCUT2D eigenvalue weighted by Gasteiger charge is -2.23. The highest BCUT2D eigenvalue weighted by Gasteiger charge is 2.19. The van der Waals surface area contributed by atoms with Crippen LogP contribution in [0.5, 0.6) is 0 Å². The van der Waals surface area contributed by atoms with Gasteiger partial charge in [0.25, 0.3) is 0 Å². The Morgan fingerprint density at radius 2 is 2.04 bits per heavy atom. The molecule has 5 heteroatoms. The molecule has 2 N–H and O–H groups in total. The monoisotopic (exact) mass is 322 g/mol. The number of para-hydroxylation sites is 1. The van der Waals surface area contributed by atoms with Gasteiger partial charge in [-0.1, -0.05) is 37.5 Å². The van der Waals surface area contributed by atoms with E-state index in [2.05, 4.69) is 15.4 Å². The lowest BCUT2D eigenvalue weighted by atomic mass is 9.96. The molecule has 2 heterocycles. The van der Waals surface area contributed by atoms with Gasteiger partial charge in [-0.15, -0.1) is 0 Å². The molecular formula is C19H22N4O. The average molecular weight is 322 g/mol. The third-order valence-electron chi connectivity index (χ3n) is 4.88. The van der Waals surface area contributed by atoms with Crippen molar-refractivity contribution in [2.24, 2.45) is 0 Å². The van der Waals surface area contributed by atoms with Crippen molar-refractivity contribution in [2.45, 2.75) is 44.6 Å². The maximum absolute atomic E-state index is 12.5. The number of anilines is 1. The Balaban J connectivity index is 1.48. The van der Waals surface area contributed by atoms with Crippen molar-refractivity contribution in [3.8, 4) is 0 Å². The number of aromatic nitrogens is 3. The first-order valence-corrected chi connectivity index (χ1v) is 8.69. The molecule has 0 spiro atoms. The van der Waals surface area contributed by atoms with Crippen LogP contribution in [0.3, 0.4) is 0 Å². The molecule has 124 valence electrons. The number of aromatic amines is 1. The van der Waals surface area contributed by atoms with Crippen LogP contribution in [-0.2, 0) is 11.2 Å². The van der Waals surface area contributed by atoms with E-state index in [0.717, 1.165) is 35.1 Å². The number of nitrogens with zero attached hydrogens (tertiary/aromatic N) is 2. The zero-order valence-corrected chi connectivity index (χ0v) is 13.7. The third-order valence-corrected chi connectivity index (χ3v) is 4.88. The van der Waals surface area contributed by atoms with Gasteiger partial charge >= 0.3 is 0 Å². The van der Waals surface area contributed by atoms with Crippen LogP contribution >= 0.6 is 0 Å². The van der Waals surface area contributed by atoms with E-state index in [0.29, 0.717) is 12.5 Å². The lowest BCUT2D eigenvalue weighted by molar-refractivity contribution is -0.115. The molecule has 5 nitrogen and oxygen atoms in total. The highest BCUT2D eigenvalue weighted by atomic mass is 16.1. The summed E-state index contributed by atoms with van der Waals surface area (Å²) in [6.45, 7) is 0. The fourth-order valence-corrected chi connectivity index (χ4v) is 3.67. The minimum atomic E-state index is -0.00249. The maximum atomic E-state index is 12.5. The predicted molar refractivity (Wildman–Crippen MR) is 95.0 cm³/mol. The number of H-pyrrole nitrogens is 1. The first-order valence-electron chi connectivity index (χ1n) is 8.69. The van der Waals surface area contributed by atoms with Crippen LogP contribution in [0.1, 0.15) is 43.7 Å². The van der Waals surface area contributed by atoms with Crippen molar-refractivity contribution in [1.82, 2.24) is 14.8 Å². The van der Waals surface area contributed by atoms with Crippen molar-refractivity contribution >= 4 is 22.6 Å². The quantitative estimate of drug-likeness (QED) is 0.761. The Hall–Kier alpha value is -2.56. The van der Waals surface area contributed by atoms with E-state index in [1.807, 2.05) is 41.2 Å². The predicted octanol–water partition coefficient (Wildman–Crippen LogP) is 4.05. The molecule has 3 aromatic rings. The number of carbonyl (C=O) groups excluding carboxylic acids is 1. The Labute approximate surface area is 141 Å². The van der Waals surface area contributed by atoms with E-state index in [9.17, 15) is 4.79 Å². The summed E-state index contributed by atoms with van der Waals surface area (Å²) >= 11 is 0. The van der Waals surface area contributed by atoms with Crippen LogP contribution in [0.25, 0.3) is 10.9 Å². The molecule has 1 aliphatic carbocycles. The van der Waals surface area contributed by atoms with Crippen LogP contribution < -0.4 is 5.32 Å². The van der Waals surface area contributed by atoms with Crippen LogP contribution in [0.15, 0.2) is 42.7 Å². The van der Waals surface area contributed by atoms with Gasteiger partial charge < -0.3 is 10.3 Å². The molecule has 0 saturated heterocycles. The fraction of sp³-hybridized carbons (Fsp3) is 0.368. The summed E-state index contributed by atoms with van der Waals surface area (Å²) in [5.74, 6) is 0.809. The standard InChI is InChI=1S/C19H22N4O/c24-19(12-14-13-20-17-9-5-4-8-16(14)17)22-18-10-11-21-23(18)15-6-2-1-3-7-15/h4-5,8-11,13,15,20H,1-3,6-7,12H2,(H,22,24). The minimum Gasteiger partial charge on any atom is -0.361 e. The molecule has 0 radical (unpaired) electrons. The molecule has 4 rings (SSSR count). The molecule has 0 aliphatic heterocycles. The van der Waals surface area contributed by atoms with E-state index < -0.39 is 0 Å². The average Bonchev–Trinajstić information content (AvgIpc) is 3.23. The number of nitrogens with one attached hydrogen (secondary N) is 2. The van der Waals surface area contributed by atoms with Crippen molar-refractivity contribution in [1.29, 1.82) is 0 Å². The van der Waals surface area contributed by atoms with E-state index in [-0.39, 0.29) is 5.91 Å². The zero-order chi connectivity index (χ0) is 16.4. The molecular weight excluding hydrogens is 300 g/mol. The second-order valence-corrected chi connectivity index (χ2v) is 6.54. The van der Waals surface area contributed by atoms with E-state index in [1.165, 1.54) is 19.3 Å². The number of amides is 1. The maximum Gasteiger partial charge on any atom is 0.230 e. The molecule has 0 atom stereocenters. The molecule has 1 saturated carbocycles. The largest absolute Gasteiger partial charge is 0.361 e. The van der Waals surface area contributed by atoms with Crippen molar-refractivity contribution in [3.05, 3.63) is 48.3 Å². The van der Waals surface area contributed by atoms with E-state index in [4.69, 9.17) is 0 Å². The fourth-order valence-electron chi connectivity index (χ4n) is 3.67. The van der Waals surface area contributed by atoms with Crippen molar-refractivity contribution in [3.63, 3.8) is 0 Å². The highest BCUT2D eigenvalue weighted by molar-refractivity contribution is 5.95. The van der Waals surface area contributed by atoms with E-state index >= 15 is 0 Å². The van der Waals surface area contributed by atoms with Crippen LogP contribution in [0.2, 0.25) is 0 Å². The molecule has 1 fully saturated rings. The number of benzene rings is 1. The molecule has 1 aliphatic rings. The van der Waals surface area contributed by atoms with Crippen LogP contribution in [0, 0.1) is 0 Å². The summed E-state index contributed by atoms with van der Waals surface area (Å²) in [5, 5.41) is 8.58. The second-order valence-electron chi connectivity index (χ2n) is 6.54. The van der Waals surface area contributed by atoms with Gasteiger partial charge in [0.05, 0.1) is 18.7 Å². The van der Waals surface area contributed by atoms with Gasteiger partial charge in [0.15, 0.2) is 0 Å². The Morgan fingerprint density at radius 1 is 1.21 bits per heavy atom. The van der Waals surface area contributed by atoms with Crippen molar-refractivity contribution < 1.29 is 4.79 Å². The topological polar surface area (TPSA) is 62.7 Å². The van der Waals surface area contributed by atoms with Crippen LogP contribution in [-0.4, -0.2) is 20.7 Å². The summed E-state index contributed by atoms with van der Waals surface area (Å²) in [6.07, 6.45) is 10.1. The van der Waals surface area contributed by atoms with Gasteiger partial charge in [0, 0.05) is 23.2 Å². The van der Waals surface area contributed by atoms with Gasteiger partial charge in [0.1, 0.15) is 5.82 Å². The Bertz CT molecular complexity index is 842. The summed E-state index contributed by atoms with van der Waals surface area (Å²) in [7, 11) is 0. The van der Waals surface area contributed by atoms with Gasteiger partial charge in [-0.25, -0.2) is 4.68 Å². The van der Waals surface area contributed by atoms with Crippen LogP contribution in [0.4, 0.5) is 5.82 Å². The first-order chi connectivity index (χ1) is 11.8. The number of carbonyl (C=O) groups is 1. The Morgan fingerprint density at radius 3 is 2.92 bits per heavy atom. The SMILES string of the molecule is O=C(Cc1c[nH]c2ccccc12)Nc1ccnn1C1CCCCC1. The van der Waals surface area contributed by atoms with Gasteiger partial charge in [-0.3, -0.25) is 4.79 Å². The van der Waals surface area contributed by atoms with Gasteiger partial charge in [-0.05, 0) is 24.5 Å². The summed E-state index contributed by atoms with van der Waals surface area (Å²) < 4.78 is 1.99. The molecule has 2 aromatic heterocycles. The van der Waals surface area contributed by atoms with Gasteiger partial charge in [-0.2, -0.15) is 5.10 Å².